The summed E-state index contributed by atoms with van der Waals surface area (Å²) in [5.41, 5.74) is 3.11. The van der Waals surface area contributed by atoms with Crippen molar-refractivity contribution in [3.05, 3.63) is 53.4 Å². The molecule has 3 aliphatic heterocycles. The lowest BCUT2D eigenvalue weighted by atomic mass is 9.92. The SMILES string of the molecule is N#Cc1c(N)sc2cccc(-c3c(C(F)(F)F)cc4c(N5CCNC(C=C(F)F)C5)nc(OCC56CCCN5CCC6)nc4c3F)c12. The van der Waals surface area contributed by atoms with Crippen LogP contribution >= 0.6 is 11.3 Å². The molecule has 2 aromatic heterocycles. The Morgan fingerprint density at radius 1 is 1.19 bits per heavy atom. The Labute approximate surface area is 269 Å². The molecular weight excluding hydrogens is 644 g/mol. The molecule has 2 aromatic carbocycles. The second-order valence-corrected chi connectivity index (χ2v) is 13.2. The summed E-state index contributed by atoms with van der Waals surface area (Å²) < 4.78 is 94.5. The van der Waals surface area contributed by atoms with Crippen LogP contribution in [0, 0.1) is 17.1 Å². The third kappa shape index (κ3) is 5.51. The molecule has 0 saturated carbocycles. The van der Waals surface area contributed by atoms with Gasteiger partial charge in [0, 0.05) is 46.7 Å². The average Bonchev–Trinajstić information content (AvgIpc) is 3.70. The van der Waals surface area contributed by atoms with E-state index in [1.54, 1.807) is 11.0 Å². The molecule has 0 radical (unpaired) electrons. The van der Waals surface area contributed by atoms with Gasteiger partial charge in [-0.2, -0.15) is 37.2 Å². The number of rotatable bonds is 6. The number of anilines is 2. The van der Waals surface area contributed by atoms with Crippen LogP contribution < -0.4 is 20.7 Å². The van der Waals surface area contributed by atoms with E-state index >= 15 is 4.39 Å². The summed E-state index contributed by atoms with van der Waals surface area (Å²) in [5, 5.41) is 12.7. The molecule has 0 aliphatic carbocycles. The predicted octanol–water partition coefficient (Wildman–Crippen LogP) is 6.69. The van der Waals surface area contributed by atoms with Gasteiger partial charge in [0.2, 0.25) is 0 Å². The van der Waals surface area contributed by atoms with E-state index in [2.05, 4.69) is 20.2 Å². The normalized spacial score (nSPS) is 19.7. The first-order valence-electron chi connectivity index (χ1n) is 15.2. The van der Waals surface area contributed by atoms with Crippen LogP contribution in [0.25, 0.3) is 32.1 Å². The highest BCUT2D eigenvalue weighted by Crippen LogP contribution is 2.47. The van der Waals surface area contributed by atoms with Crippen molar-refractivity contribution in [3.63, 3.8) is 0 Å². The third-order valence-electron chi connectivity index (χ3n) is 9.43. The van der Waals surface area contributed by atoms with E-state index < -0.39 is 40.8 Å². The third-order valence-corrected chi connectivity index (χ3v) is 10.4. The summed E-state index contributed by atoms with van der Waals surface area (Å²) in [7, 11) is 0. The summed E-state index contributed by atoms with van der Waals surface area (Å²) in [5.74, 6) is -1.32. The van der Waals surface area contributed by atoms with Crippen molar-refractivity contribution in [3.8, 4) is 23.2 Å². The highest BCUT2D eigenvalue weighted by molar-refractivity contribution is 7.23. The number of halogens is 6. The number of nitrogen functional groups attached to an aromatic ring is 1. The topological polar surface area (TPSA) is 103 Å². The number of ether oxygens (including phenoxy) is 1. The first-order valence-corrected chi connectivity index (χ1v) is 16.0. The van der Waals surface area contributed by atoms with Crippen molar-refractivity contribution in [1.82, 2.24) is 20.2 Å². The van der Waals surface area contributed by atoms with E-state index in [-0.39, 0.29) is 70.5 Å². The summed E-state index contributed by atoms with van der Waals surface area (Å²) in [6.45, 7) is 2.42. The molecule has 8 nitrogen and oxygen atoms in total. The first-order chi connectivity index (χ1) is 22.5. The fraction of sp³-hybridized carbons (Fsp3) is 0.406. The Morgan fingerprint density at radius 3 is 2.66 bits per heavy atom. The number of alkyl halides is 3. The number of nitrogens with zero attached hydrogens (tertiary/aromatic N) is 5. The molecule has 3 aliphatic rings. The largest absolute Gasteiger partial charge is 0.461 e. The van der Waals surface area contributed by atoms with Crippen LogP contribution in [0.5, 0.6) is 6.01 Å². The van der Waals surface area contributed by atoms with Crippen LogP contribution in [-0.2, 0) is 6.18 Å². The van der Waals surface area contributed by atoms with Crippen LogP contribution in [0.2, 0.25) is 0 Å². The molecule has 7 rings (SSSR count). The molecule has 3 saturated heterocycles. The minimum Gasteiger partial charge on any atom is -0.461 e. The second kappa shape index (κ2) is 11.8. The Balaban J connectivity index is 1.45. The van der Waals surface area contributed by atoms with E-state index in [4.69, 9.17) is 10.5 Å². The molecule has 3 fully saturated rings. The number of hydrogen-bond donors (Lipinski definition) is 2. The van der Waals surface area contributed by atoms with Crippen molar-refractivity contribution in [2.45, 2.75) is 43.4 Å². The van der Waals surface area contributed by atoms with Gasteiger partial charge in [-0.3, -0.25) is 4.90 Å². The zero-order chi connectivity index (χ0) is 33.1. The highest BCUT2D eigenvalue weighted by atomic mass is 32.1. The molecule has 1 atom stereocenters. The van der Waals surface area contributed by atoms with E-state index in [0.29, 0.717) is 4.70 Å². The minimum absolute atomic E-state index is 0.0439. The summed E-state index contributed by atoms with van der Waals surface area (Å²) in [6, 6.07) is 6.09. The monoisotopic (exact) mass is 673 g/mol. The minimum atomic E-state index is -5.03. The van der Waals surface area contributed by atoms with Crippen LogP contribution in [0.1, 0.15) is 36.8 Å². The number of piperazine rings is 1. The molecule has 0 amide bonds. The van der Waals surface area contributed by atoms with E-state index in [1.807, 2.05) is 6.07 Å². The van der Waals surface area contributed by atoms with Gasteiger partial charge in [-0.05, 0) is 62.5 Å². The number of thiophene rings is 1. The number of nitrogens with two attached hydrogens (primary N) is 1. The fourth-order valence-corrected chi connectivity index (χ4v) is 8.31. The van der Waals surface area contributed by atoms with E-state index in [9.17, 15) is 27.2 Å². The molecule has 4 aromatic rings. The molecule has 47 heavy (non-hydrogen) atoms. The Bertz CT molecular complexity index is 1940. The van der Waals surface area contributed by atoms with Gasteiger partial charge < -0.3 is 20.7 Å². The molecule has 0 spiro atoms. The van der Waals surface area contributed by atoms with Crippen LogP contribution in [-0.4, -0.2) is 65.8 Å². The van der Waals surface area contributed by atoms with Gasteiger partial charge in [0.05, 0.1) is 16.7 Å². The number of benzene rings is 2. The Hall–Kier alpha value is -4.13. The Kier molecular flexibility index (Phi) is 7.92. The lowest BCUT2D eigenvalue weighted by Gasteiger charge is -2.34. The predicted molar refractivity (Wildman–Crippen MR) is 167 cm³/mol. The van der Waals surface area contributed by atoms with E-state index in [1.165, 1.54) is 12.1 Å². The summed E-state index contributed by atoms with van der Waals surface area (Å²) in [4.78, 5) is 12.7. The average molecular weight is 674 g/mol. The molecule has 3 N–H and O–H groups in total. The van der Waals surface area contributed by atoms with Gasteiger partial charge in [0.25, 0.3) is 6.08 Å². The smallest absolute Gasteiger partial charge is 0.417 e. The maximum absolute atomic E-state index is 16.9. The molecule has 246 valence electrons. The molecule has 0 bridgehead atoms. The second-order valence-electron chi connectivity index (χ2n) is 12.1. The number of fused-ring (bicyclic) bond motifs is 3. The van der Waals surface area contributed by atoms with Gasteiger partial charge >= 0.3 is 12.2 Å². The molecular formula is C32H29F6N7OS. The van der Waals surface area contributed by atoms with Crippen molar-refractivity contribution >= 4 is 43.1 Å². The number of nitriles is 1. The standard InChI is InChI=1S/C32H29F6N7OS/c33-23(34)12-17-15-44(11-8-41-17)29-19-13-21(32(36,37)38)25(18-4-1-5-22-24(18)20(14-39)28(40)47-22)26(35)27(19)42-30(43-29)46-16-31-6-2-9-45(31)10-3-7-31/h1,4-5,12-13,17,41H,2-3,6-11,15-16,40H2. The van der Waals surface area contributed by atoms with Crippen molar-refractivity contribution in [2.75, 3.05) is 50.0 Å². The summed E-state index contributed by atoms with van der Waals surface area (Å²) >= 11 is 1.02. The van der Waals surface area contributed by atoms with Crippen LogP contribution in [0.15, 0.2) is 36.4 Å². The van der Waals surface area contributed by atoms with Crippen molar-refractivity contribution < 1.29 is 31.1 Å². The highest BCUT2D eigenvalue weighted by Gasteiger charge is 2.45. The maximum atomic E-state index is 16.9. The number of aromatic nitrogens is 2. The summed E-state index contributed by atoms with van der Waals surface area (Å²) in [6.07, 6.45) is -2.43. The van der Waals surface area contributed by atoms with Crippen molar-refractivity contribution in [2.24, 2.45) is 0 Å². The van der Waals surface area contributed by atoms with Gasteiger partial charge in [0.15, 0.2) is 5.82 Å². The van der Waals surface area contributed by atoms with Gasteiger partial charge in [0.1, 0.15) is 29.0 Å². The Morgan fingerprint density at radius 2 is 1.96 bits per heavy atom. The zero-order valence-corrected chi connectivity index (χ0v) is 25.7. The fourth-order valence-electron chi connectivity index (χ4n) is 7.36. The van der Waals surface area contributed by atoms with Gasteiger partial charge in [-0.1, -0.05) is 12.1 Å². The van der Waals surface area contributed by atoms with Gasteiger partial charge in [-0.15, -0.1) is 11.3 Å². The van der Waals surface area contributed by atoms with Crippen LogP contribution in [0.3, 0.4) is 0 Å². The lowest BCUT2D eigenvalue weighted by Crippen LogP contribution is -2.50. The number of nitrogens with one attached hydrogen (secondary N) is 1. The van der Waals surface area contributed by atoms with Crippen molar-refractivity contribution in [1.29, 1.82) is 5.26 Å². The number of hydrogen-bond acceptors (Lipinski definition) is 9. The van der Waals surface area contributed by atoms with Crippen LogP contribution in [0.4, 0.5) is 37.2 Å². The molecule has 1 unspecified atom stereocenters. The maximum Gasteiger partial charge on any atom is 0.417 e. The first kappa shape index (κ1) is 31.5. The van der Waals surface area contributed by atoms with Gasteiger partial charge in [-0.25, -0.2) is 4.39 Å². The molecule has 5 heterocycles. The zero-order valence-electron chi connectivity index (χ0n) is 24.9. The lowest BCUT2D eigenvalue weighted by molar-refractivity contribution is -0.137. The molecule has 15 heteroatoms. The van der Waals surface area contributed by atoms with E-state index in [0.717, 1.165) is 62.3 Å². The quantitative estimate of drug-likeness (QED) is 0.219.